The van der Waals surface area contributed by atoms with Gasteiger partial charge in [-0.25, -0.2) is 0 Å². The smallest absolute Gasteiger partial charge is 0.312 e. The van der Waals surface area contributed by atoms with Crippen LogP contribution in [0.25, 0.3) is 0 Å². The van der Waals surface area contributed by atoms with Crippen LogP contribution in [0, 0.1) is 11.3 Å². The Morgan fingerprint density at radius 1 is 1.35 bits per heavy atom. The summed E-state index contributed by atoms with van der Waals surface area (Å²) in [7, 11) is 0. The van der Waals surface area contributed by atoms with Gasteiger partial charge in [0.2, 0.25) is 0 Å². The van der Waals surface area contributed by atoms with Crippen LogP contribution in [-0.4, -0.2) is 17.4 Å². The van der Waals surface area contributed by atoms with Crippen LogP contribution in [0.2, 0.25) is 0 Å². The van der Waals surface area contributed by atoms with E-state index in [1.807, 2.05) is 34.6 Å². The van der Waals surface area contributed by atoms with E-state index in [-0.39, 0.29) is 17.7 Å². The van der Waals surface area contributed by atoms with Crippen molar-refractivity contribution in [2.75, 3.05) is 0 Å². The molecule has 0 saturated heterocycles. The van der Waals surface area contributed by atoms with Crippen molar-refractivity contribution in [2.45, 2.75) is 65.9 Å². The first-order chi connectivity index (χ1) is 7.69. The molecule has 0 aliphatic heterocycles. The summed E-state index contributed by atoms with van der Waals surface area (Å²) in [5.74, 6) is 0.296. The van der Waals surface area contributed by atoms with Gasteiger partial charge in [0.15, 0.2) is 0 Å². The lowest BCUT2D eigenvalue weighted by Gasteiger charge is -2.34. The van der Waals surface area contributed by atoms with E-state index in [4.69, 9.17) is 4.74 Å². The molecule has 1 rings (SSSR count). The number of Topliss-reactive ketones (excluding diaryl/α,β-unsaturated/α-hetero) is 1. The largest absolute Gasteiger partial charge is 0.459 e. The fourth-order valence-electron chi connectivity index (χ4n) is 2.01. The van der Waals surface area contributed by atoms with E-state index in [1.165, 1.54) is 0 Å². The monoisotopic (exact) mass is 240 g/mol. The summed E-state index contributed by atoms with van der Waals surface area (Å²) in [6.07, 6.45) is 2.77. The fourth-order valence-corrected chi connectivity index (χ4v) is 2.01. The Hall–Kier alpha value is -0.860. The summed E-state index contributed by atoms with van der Waals surface area (Å²) in [4.78, 5) is 23.3. The molecule has 0 aromatic rings. The van der Waals surface area contributed by atoms with E-state index in [0.717, 1.165) is 12.8 Å². The van der Waals surface area contributed by atoms with Gasteiger partial charge in [-0.1, -0.05) is 6.92 Å². The number of hydrogen-bond donors (Lipinski definition) is 0. The van der Waals surface area contributed by atoms with Gasteiger partial charge in [0.25, 0.3) is 0 Å². The van der Waals surface area contributed by atoms with E-state index in [2.05, 4.69) is 0 Å². The molecule has 1 unspecified atom stereocenters. The number of esters is 1. The van der Waals surface area contributed by atoms with Gasteiger partial charge in [0, 0.05) is 18.8 Å². The second-order valence-corrected chi connectivity index (χ2v) is 6.21. The Labute approximate surface area is 104 Å². The van der Waals surface area contributed by atoms with Crippen LogP contribution >= 0.6 is 0 Å². The average molecular weight is 240 g/mol. The molecular formula is C14H24O3. The van der Waals surface area contributed by atoms with Gasteiger partial charge in [-0.2, -0.15) is 0 Å². The van der Waals surface area contributed by atoms with Crippen LogP contribution in [-0.2, 0) is 14.3 Å². The molecule has 1 atom stereocenters. The Balaban J connectivity index is 2.66. The van der Waals surface area contributed by atoms with E-state index in [9.17, 15) is 9.59 Å². The first kappa shape index (κ1) is 14.2. The zero-order valence-corrected chi connectivity index (χ0v) is 11.6. The highest BCUT2D eigenvalue weighted by atomic mass is 16.6. The summed E-state index contributed by atoms with van der Waals surface area (Å²) < 4.78 is 5.63. The van der Waals surface area contributed by atoms with Gasteiger partial charge in [-0.05, 0) is 40.5 Å². The number of ketones is 1. The highest BCUT2D eigenvalue weighted by Crippen LogP contribution is 2.36. The maximum atomic E-state index is 12.0. The zero-order chi connectivity index (χ0) is 13.3. The van der Waals surface area contributed by atoms with E-state index in [1.54, 1.807) is 0 Å². The third kappa shape index (κ3) is 3.30. The molecule has 0 radical (unpaired) electrons. The van der Waals surface area contributed by atoms with E-state index < -0.39 is 11.0 Å². The molecule has 1 aliphatic rings. The summed E-state index contributed by atoms with van der Waals surface area (Å²) in [5.41, 5.74) is -0.977. The second-order valence-electron chi connectivity index (χ2n) is 6.21. The highest BCUT2D eigenvalue weighted by Gasteiger charge is 2.40. The maximum absolute atomic E-state index is 12.0. The summed E-state index contributed by atoms with van der Waals surface area (Å²) in [6, 6.07) is 0. The standard InChI is InChI=1S/C14H24O3/c1-6-13(2,3)12(16)17-14(4,5)10-7-8-11(15)9-10/h10H,6-9H2,1-5H3. The molecule has 17 heavy (non-hydrogen) atoms. The topological polar surface area (TPSA) is 43.4 Å². The first-order valence-corrected chi connectivity index (χ1v) is 6.44. The molecule has 0 N–H and O–H groups in total. The van der Waals surface area contributed by atoms with Crippen molar-refractivity contribution in [1.29, 1.82) is 0 Å². The number of ether oxygens (including phenoxy) is 1. The third-order valence-corrected chi connectivity index (χ3v) is 4.02. The molecule has 98 valence electrons. The number of hydrogen-bond acceptors (Lipinski definition) is 3. The van der Waals surface area contributed by atoms with Crippen molar-refractivity contribution < 1.29 is 14.3 Å². The van der Waals surface area contributed by atoms with Crippen molar-refractivity contribution >= 4 is 11.8 Å². The van der Waals surface area contributed by atoms with Gasteiger partial charge >= 0.3 is 5.97 Å². The van der Waals surface area contributed by atoms with Crippen LogP contribution < -0.4 is 0 Å². The van der Waals surface area contributed by atoms with Gasteiger partial charge in [-0.15, -0.1) is 0 Å². The molecule has 0 aromatic heterocycles. The van der Waals surface area contributed by atoms with Gasteiger partial charge < -0.3 is 4.74 Å². The SMILES string of the molecule is CCC(C)(C)C(=O)OC(C)(C)C1CCC(=O)C1. The zero-order valence-electron chi connectivity index (χ0n) is 11.6. The van der Waals surface area contributed by atoms with Crippen molar-refractivity contribution in [2.24, 2.45) is 11.3 Å². The van der Waals surface area contributed by atoms with Crippen molar-refractivity contribution in [3.05, 3.63) is 0 Å². The van der Waals surface area contributed by atoms with Crippen LogP contribution in [0.1, 0.15) is 60.3 Å². The molecule has 3 nitrogen and oxygen atoms in total. The van der Waals surface area contributed by atoms with Crippen molar-refractivity contribution in [1.82, 2.24) is 0 Å². The van der Waals surface area contributed by atoms with Crippen molar-refractivity contribution in [3.63, 3.8) is 0 Å². The summed E-state index contributed by atoms with van der Waals surface area (Å²) in [6.45, 7) is 9.60. The van der Waals surface area contributed by atoms with Gasteiger partial charge in [-0.3, -0.25) is 9.59 Å². The molecule has 0 amide bonds. The van der Waals surface area contributed by atoms with Gasteiger partial charge in [0.05, 0.1) is 5.41 Å². The van der Waals surface area contributed by atoms with Crippen LogP contribution in [0.15, 0.2) is 0 Å². The Morgan fingerprint density at radius 3 is 2.35 bits per heavy atom. The van der Waals surface area contributed by atoms with E-state index >= 15 is 0 Å². The van der Waals surface area contributed by atoms with Crippen LogP contribution in [0.3, 0.4) is 0 Å². The third-order valence-electron chi connectivity index (χ3n) is 4.02. The molecule has 0 bridgehead atoms. The Morgan fingerprint density at radius 2 is 1.94 bits per heavy atom. The lowest BCUT2D eigenvalue weighted by atomic mass is 9.87. The molecular weight excluding hydrogens is 216 g/mol. The van der Waals surface area contributed by atoms with Crippen molar-refractivity contribution in [3.8, 4) is 0 Å². The minimum Gasteiger partial charge on any atom is -0.459 e. The molecule has 1 aliphatic carbocycles. The maximum Gasteiger partial charge on any atom is 0.312 e. The number of carbonyl (C=O) groups excluding carboxylic acids is 2. The van der Waals surface area contributed by atoms with Crippen LogP contribution in [0.5, 0.6) is 0 Å². The molecule has 1 fully saturated rings. The first-order valence-electron chi connectivity index (χ1n) is 6.44. The average Bonchev–Trinajstić information content (AvgIpc) is 2.65. The fraction of sp³-hybridized carbons (Fsp3) is 0.857. The normalized spacial score (nSPS) is 21.7. The highest BCUT2D eigenvalue weighted by molar-refractivity contribution is 5.81. The Bertz CT molecular complexity index is 315. The van der Waals surface area contributed by atoms with E-state index in [0.29, 0.717) is 12.8 Å². The second kappa shape index (κ2) is 4.79. The molecule has 0 aromatic carbocycles. The lowest BCUT2D eigenvalue weighted by Crippen LogP contribution is -2.40. The molecule has 1 saturated carbocycles. The quantitative estimate of drug-likeness (QED) is 0.709. The Kier molecular flexibility index (Phi) is 4.00. The predicted molar refractivity (Wildman–Crippen MR) is 66.6 cm³/mol. The number of rotatable bonds is 4. The number of carbonyl (C=O) groups is 2. The minimum absolute atomic E-state index is 0.163. The summed E-state index contributed by atoms with van der Waals surface area (Å²) in [5, 5.41) is 0. The molecule has 0 spiro atoms. The predicted octanol–water partition coefficient (Wildman–Crippen LogP) is 3.11. The molecule has 0 heterocycles. The lowest BCUT2D eigenvalue weighted by molar-refractivity contribution is -0.172. The van der Waals surface area contributed by atoms with Gasteiger partial charge in [0.1, 0.15) is 11.4 Å². The molecule has 3 heteroatoms. The van der Waals surface area contributed by atoms with Crippen LogP contribution in [0.4, 0.5) is 0 Å². The summed E-state index contributed by atoms with van der Waals surface area (Å²) >= 11 is 0. The minimum atomic E-state index is -0.532.